The fourth-order valence-corrected chi connectivity index (χ4v) is 2.46. The number of aryl methyl sites for hydroxylation is 2. The van der Waals surface area contributed by atoms with Gasteiger partial charge in [0.05, 0.1) is 19.3 Å². The number of methoxy groups -OCH3 is 1. The zero-order valence-electron chi connectivity index (χ0n) is 11.8. The van der Waals surface area contributed by atoms with Crippen molar-refractivity contribution in [2.45, 2.75) is 13.5 Å². The number of imidazole rings is 1. The molecule has 1 aromatic carbocycles. The summed E-state index contributed by atoms with van der Waals surface area (Å²) in [6, 6.07) is 7.92. The fraction of sp³-hybridized carbons (Fsp3) is 0.286. The predicted octanol–water partition coefficient (Wildman–Crippen LogP) is 1.72. The minimum Gasteiger partial charge on any atom is -0.497 e. The summed E-state index contributed by atoms with van der Waals surface area (Å²) in [6.45, 7) is 2.57. The average Bonchev–Trinajstić information content (AvgIpc) is 2.89. The SMILES string of the molecule is COc1cccc(Cn2c(N)nc3c(C)nn(C)c32)c1. The first-order valence-corrected chi connectivity index (χ1v) is 6.38. The number of nitrogens with zero attached hydrogens (tertiary/aromatic N) is 4. The molecule has 3 aromatic rings. The molecule has 20 heavy (non-hydrogen) atoms. The van der Waals surface area contributed by atoms with E-state index < -0.39 is 0 Å². The molecule has 0 fully saturated rings. The van der Waals surface area contributed by atoms with Crippen LogP contribution in [0, 0.1) is 6.92 Å². The standard InChI is InChI=1S/C14H17N5O/c1-9-12-13(18(2)17-9)19(14(15)16-12)8-10-5-4-6-11(7-10)20-3/h4-7H,8H2,1-3H3,(H2,15,16). The molecular formula is C14H17N5O. The Morgan fingerprint density at radius 2 is 2.15 bits per heavy atom. The highest BCUT2D eigenvalue weighted by atomic mass is 16.5. The van der Waals surface area contributed by atoms with Crippen molar-refractivity contribution in [2.75, 3.05) is 12.8 Å². The topological polar surface area (TPSA) is 70.9 Å². The molecule has 6 nitrogen and oxygen atoms in total. The molecule has 0 aliphatic heterocycles. The summed E-state index contributed by atoms with van der Waals surface area (Å²) in [6.07, 6.45) is 0. The molecule has 6 heteroatoms. The first-order chi connectivity index (χ1) is 9.60. The van der Waals surface area contributed by atoms with Crippen molar-refractivity contribution in [3.05, 3.63) is 35.5 Å². The number of fused-ring (bicyclic) bond motifs is 1. The second-order valence-corrected chi connectivity index (χ2v) is 4.79. The molecule has 0 saturated carbocycles. The Labute approximate surface area is 116 Å². The lowest BCUT2D eigenvalue weighted by Crippen LogP contribution is -2.08. The molecule has 0 amide bonds. The number of rotatable bonds is 3. The van der Waals surface area contributed by atoms with E-state index in [2.05, 4.69) is 10.1 Å². The van der Waals surface area contributed by atoms with Gasteiger partial charge in [-0.2, -0.15) is 5.10 Å². The Morgan fingerprint density at radius 3 is 2.90 bits per heavy atom. The minimum atomic E-state index is 0.499. The van der Waals surface area contributed by atoms with E-state index >= 15 is 0 Å². The van der Waals surface area contributed by atoms with E-state index in [1.54, 1.807) is 7.11 Å². The van der Waals surface area contributed by atoms with Crippen LogP contribution in [0.25, 0.3) is 11.2 Å². The number of hydrogen-bond acceptors (Lipinski definition) is 4. The van der Waals surface area contributed by atoms with Gasteiger partial charge in [0.2, 0.25) is 5.95 Å². The van der Waals surface area contributed by atoms with Crippen molar-refractivity contribution in [1.29, 1.82) is 0 Å². The van der Waals surface area contributed by atoms with Crippen molar-refractivity contribution in [1.82, 2.24) is 19.3 Å². The summed E-state index contributed by atoms with van der Waals surface area (Å²) in [4.78, 5) is 4.40. The van der Waals surface area contributed by atoms with Crippen molar-refractivity contribution in [3.63, 3.8) is 0 Å². The van der Waals surface area contributed by atoms with Crippen LogP contribution >= 0.6 is 0 Å². The van der Waals surface area contributed by atoms with Crippen molar-refractivity contribution < 1.29 is 4.74 Å². The summed E-state index contributed by atoms with van der Waals surface area (Å²) >= 11 is 0. The van der Waals surface area contributed by atoms with Crippen molar-refractivity contribution in [3.8, 4) is 5.75 Å². The van der Waals surface area contributed by atoms with Crippen LogP contribution in [0.1, 0.15) is 11.3 Å². The molecule has 2 N–H and O–H groups in total. The number of ether oxygens (including phenoxy) is 1. The van der Waals surface area contributed by atoms with Gasteiger partial charge >= 0.3 is 0 Å². The van der Waals surface area contributed by atoms with Gasteiger partial charge in [-0.25, -0.2) is 4.98 Å². The number of nitrogen functional groups attached to an aromatic ring is 1. The zero-order chi connectivity index (χ0) is 14.3. The Kier molecular flexibility index (Phi) is 2.85. The Morgan fingerprint density at radius 1 is 1.35 bits per heavy atom. The summed E-state index contributed by atoms with van der Waals surface area (Å²) < 4.78 is 9.02. The van der Waals surface area contributed by atoms with Crippen LogP contribution in [0.15, 0.2) is 24.3 Å². The highest BCUT2D eigenvalue weighted by molar-refractivity contribution is 5.77. The van der Waals surface area contributed by atoms with Gasteiger partial charge in [0.25, 0.3) is 0 Å². The molecular weight excluding hydrogens is 254 g/mol. The summed E-state index contributed by atoms with van der Waals surface area (Å²) in [7, 11) is 3.56. The smallest absolute Gasteiger partial charge is 0.202 e. The molecule has 0 atom stereocenters. The summed E-state index contributed by atoms with van der Waals surface area (Å²) in [5, 5.41) is 4.38. The Balaban J connectivity index is 2.08. The molecule has 0 saturated heterocycles. The van der Waals surface area contributed by atoms with E-state index in [0.29, 0.717) is 12.5 Å². The number of aromatic nitrogens is 4. The molecule has 0 spiro atoms. The Hall–Kier alpha value is -2.50. The average molecular weight is 271 g/mol. The lowest BCUT2D eigenvalue weighted by atomic mass is 10.2. The van der Waals surface area contributed by atoms with Crippen LogP contribution in [-0.4, -0.2) is 26.4 Å². The first kappa shape index (κ1) is 12.5. The highest BCUT2D eigenvalue weighted by Gasteiger charge is 2.15. The largest absolute Gasteiger partial charge is 0.497 e. The third kappa shape index (κ3) is 1.89. The van der Waals surface area contributed by atoms with Crippen LogP contribution in [0.2, 0.25) is 0 Å². The second kappa shape index (κ2) is 4.56. The zero-order valence-corrected chi connectivity index (χ0v) is 11.8. The monoisotopic (exact) mass is 271 g/mol. The van der Waals surface area contributed by atoms with Gasteiger partial charge in [-0.15, -0.1) is 0 Å². The van der Waals surface area contributed by atoms with Crippen LogP contribution in [-0.2, 0) is 13.6 Å². The molecule has 3 rings (SSSR count). The van der Waals surface area contributed by atoms with E-state index in [1.165, 1.54) is 0 Å². The maximum absolute atomic E-state index is 6.03. The van der Waals surface area contributed by atoms with Crippen molar-refractivity contribution in [2.24, 2.45) is 7.05 Å². The van der Waals surface area contributed by atoms with Gasteiger partial charge < -0.3 is 10.5 Å². The summed E-state index contributed by atoms with van der Waals surface area (Å²) in [5.74, 6) is 1.33. The Bertz CT molecular complexity index is 771. The molecule has 2 aromatic heterocycles. The molecule has 0 aliphatic carbocycles. The fourth-order valence-electron chi connectivity index (χ4n) is 2.46. The normalized spacial score (nSPS) is 11.2. The first-order valence-electron chi connectivity index (χ1n) is 6.38. The van der Waals surface area contributed by atoms with Gasteiger partial charge in [0.1, 0.15) is 11.3 Å². The van der Waals surface area contributed by atoms with Crippen LogP contribution < -0.4 is 10.5 Å². The van der Waals surface area contributed by atoms with Gasteiger partial charge in [-0.3, -0.25) is 9.25 Å². The third-order valence-electron chi connectivity index (χ3n) is 3.39. The second-order valence-electron chi connectivity index (χ2n) is 4.79. The molecule has 0 radical (unpaired) electrons. The van der Waals surface area contributed by atoms with Gasteiger partial charge in [-0.1, -0.05) is 12.1 Å². The van der Waals surface area contributed by atoms with E-state index in [4.69, 9.17) is 10.5 Å². The quantitative estimate of drug-likeness (QED) is 0.787. The number of nitrogens with two attached hydrogens (primary N) is 1. The van der Waals surface area contributed by atoms with E-state index in [-0.39, 0.29) is 0 Å². The maximum Gasteiger partial charge on any atom is 0.202 e. The summed E-state index contributed by atoms with van der Waals surface area (Å²) in [5.41, 5.74) is 9.81. The van der Waals surface area contributed by atoms with Gasteiger partial charge in [0.15, 0.2) is 5.65 Å². The molecule has 0 unspecified atom stereocenters. The van der Waals surface area contributed by atoms with Gasteiger partial charge in [0, 0.05) is 7.05 Å². The van der Waals surface area contributed by atoms with Crippen molar-refractivity contribution >= 4 is 17.1 Å². The molecule has 0 aliphatic rings. The number of anilines is 1. The third-order valence-corrected chi connectivity index (χ3v) is 3.39. The molecule has 2 heterocycles. The minimum absolute atomic E-state index is 0.499. The number of benzene rings is 1. The maximum atomic E-state index is 6.03. The van der Waals surface area contributed by atoms with Crippen LogP contribution in [0.5, 0.6) is 5.75 Å². The lowest BCUT2D eigenvalue weighted by Gasteiger charge is -2.08. The van der Waals surface area contributed by atoms with E-state index in [9.17, 15) is 0 Å². The van der Waals surface area contributed by atoms with E-state index in [1.807, 2.05) is 47.5 Å². The van der Waals surface area contributed by atoms with Crippen LogP contribution in [0.4, 0.5) is 5.95 Å². The number of hydrogen-bond donors (Lipinski definition) is 1. The van der Waals surface area contributed by atoms with E-state index in [0.717, 1.165) is 28.2 Å². The van der Waals surface area contributed by atoms with Gasteiger partial charge in [-0.05, 0) is 24.6 Å². The molecule has 104 valence electrons. The highest BCUT2D eigenvalue weighted by Crippen LogP contribution is 2.22. The predicted molar refractivity (Wildman–Crippen MR) is 77.7 cm³/mol. The molecule has 0 bridgehead atoms. The lowest BCUT2D eigenvalue weighted by molar-refractivity contribution is 0.414. The van der Waals surface area contributed by atoms with Crippen LogP contribution in [0.3, 0.4) is 0 Å².